The second-order valence-corrected chi connectivity index (χ2v) is 22.4. The highest BCUT2D eigenvalue weighted by Crippen LogP contribution is 2.56. The zero-order chi connectivity index (χ0) is 55.3. The average molecular weight is 1090 g/mol. The fourth-order valence-electron chi connectivity index (χ4n) is 12.2. The minimum atomic E-state index is -0.731. The number of benzene rings is 4. The number of hydrogen-bond acceptors (Lipinski definition) is 15. The van der Waals surface area contributed by atoms with Gasteiger partial charge in [0.05, 0.1) is 54.2 Å². The molecular formula is C60H68FN13O6. The Bertz CT molecular complexity index is 3470. The molecule has 2 amide bonds. The molecule has 1 saturated carbocycles. The lowest BCUT2D eigenvalue weighted by atomic mass is 9.87. The van der Waals surface area contributed by atoms with Crippen molar-refractivity contribution in [3.63, 3.8) is 0 Å². The molecule has 80 heavy (non-hydrogen) atoms. The number of fused-ring (bicyclic) bond motifs is 4. The summed E-state index contributed by atoms with van der Waals surface area (Å²) < 4.78 is 36.8. The highest BCUT2D eigenvalue weighted by molar-refractivity contribution is 6.03. The number of amides is 2. The molecule has 7 atom stereocenters. The van der Waals surface area contributed by atoms with Gasteiger partial charge in [-0.1, -0.05) is 67.6 Å². The number of aliphatic imine (C=N–C) groups is 1. The standard InChI is InChI=1S/C60H68FN13O6/c1-32(2)55(59(77)72-21-7-8-51(72)58(76)65-50(29-75)40-17-15-37(16-18-40)43-19-20-63-68-35(43)5)74-28-49(70-71-74)39-11-9-36(10-12-39)31-79-56-53(52-34(4)47(61)24-48-46(52)26-64-69-48)44(38-13-14-38)23-45-54(56)66-60(80-30-33(3)78-6)67-57(45)73-27-41-22-42(73)25-62-41/h9-12,15-20,23-24,26,28,32-33,38,41-42,50-51,55,57,62,75H,7-8,13-14,21-22,25,27,29-31H2,1-6H3,(H,64,69)(H,65,76)(H,66,67)/t33-,41-,42-,50-,51-,55-,57?/m0/s1. The first-order chi connectivity index (χ1) is 38.8. The number of halogens is 1. The van der Waals surface area contributed by atoms with Crippen molar-refractivity contribution < 1.29 is 33.3 Å². The van der Waals surface area contributed by atoms with Gasteiger partial charge < -0.3 is 40.2 Å². The van der Waals surface area contributed by atoms with E-state index in [1.807, 2.05) is 89.2 Å². The molecule has 2 bridgehead atoms. The van der Waals surface area contributed by atoms with E-state index in [4.69, 9.17) is 19.2 Å². The number of carbonyl (C=O) groups is 2. The van der Waals surface area contributed by atoms with Crippen molar-refractivity contribution in [3.05, 3.63) is 125 Å². The van der Waals surface area contributed by atoms with E-state index < -0.39 is 18.1 Å². The lowest BCUT2D eigenvalue weighted by molar-refractivity contribution is -0.142. The fraction of sp³-hybridized carbons (Fsp3) is 0.433. The summed E-state index contributed by atoms with van der Waals surface area (Å²) in [5, 5.41) is 46.0. The van der Waals surface area contributed by atoms with Crippen LogP contribution in [0.25, 0.3) is 44.4 Å². The summed E-state index contributed by atoms with van der Waals surface area (Å²) in [6.07, 6.45) is 8.87. The van der Waals surface area contributed by atoms with Crippen molar-refractivity contribution in [1.29, 1.82) is 0 Å². The molecule has 20 heteroatoms. The quantitative estimate of drug-likeness (QED) is 0.0549. The number of aliphatic hydroxyl groups excluding tert-OH is 1. The fourth-order valence-corrected chi connectivity index (χ4v) is 12.2. The van der Waals surface area contributed by atoms with Crippen molar-refractivity contribution in [1.82, 2.24) is 55.8 Å². The van der Waals surface area contributed by atoms with Gasteiger partial charge >= 0.3 is 0 Å². The van der Waals surface area contributed by atoms with E-state index in [0.717, 1.165) is 99.2 Å². The number of ether oxygens (including phenoxy) is 3. The van der Waals surface area contributed by atoms with Crippen molar-refractivity contribution in [3.8, 4) is 39.3 Å². The van der Waals surface area contributed by atoms with Crippen LogP contribution in [0, 0.1) is 25.6 Å². The Balaban J connectivity index is 0.802. The van der Waals surface area contributed by atoms with Gasteiger partial charge in [0.1, 0.15) is 43.0 Å². The number of aliphatic hydroxyl groups is 1. The van der Waals surface area contributed by atoms with Crippen LogP contribution in [0.1, 0.15) is 111 Å². The van der Waals surface area contributed by atoms with Gasteiger partial charge in [0.15, 0.2) is 5.75 Å². The molecule has 416 valence electrons. The number of H-pyrrole nitrogens is 1. The number of aromatic amines is 1. The topological polar surface area (TPSA) is 222 Å². The summed E-state index contributed by atoms with van der Waals surface area (Å²) in [5.74, 6) is -0.229. The van der Waals surface area contributed by atoms with Crippen molar-refractivity contribution >= 4 is 34.4 Å². The molecule has 0 radical (unpaired) electrons. The third-order valence-electron chi connectivity index (χ3n) is 16.8. The normalized spacial score (nSPS) is 20.9. The number of amidine groups is 1. The predicted octanol–water partition coefficient (Wildman–Crippen LogP) is 8.07. The Morgan fingerprint density at radius 2 is 1.75 bits per heavy atom. The summed E-state index contributed by atoms with van der Waals surface area (Å²) in [4.78, 5) is 38.0. The van der Waals surface area contributed by atoms with Crippen LogP contribution in [0.5, 0.6) is 5.75 Å². The van der Waals surface area contributed by atoms with Gasteiger partial charge in [-0.05, 0) is 111 Å². The molecule has 1 unspecified atom stereocenters. The zero-order valence-corrected chi connectivity index (χ0v) is 45.9. The number of anilines is 1. The first-order valence-corrected chi connectivity index (χ1v) is 27.9. The lowest BCUT2D eigenvalue weighted by Gasteiger charge is -2.37. The van der Waals surface area contributed by atoms with Crippen LogP contribution in [-0.2, 0) is 25.7 Å². The SMILES string of the molecule is CO[C@@H](C)COC1=NC(N2C[C@@H]3C[C@H]2CN3)c2cc(C3CC3)c(-c3c(C)c(F)cc4[nH]ncc34)c(OCc3ccc(-c4cn([C@H](C(=O)N5CCC[C@H]5C(=O)N[C@@H](CO)c5ccc(-c6ccnnc6C)cc5)C(C)C)nn4)cc3)c2N1. The summed E-state index contributed by atoms with van der Waals surface area (Å²) >= 11 is 0. The molecule has 5 aliphatic rings. The summed E-state index contributed by atoms with van der Waals surface area (Å²) in [6, 6.07) is 20.2. The predicted molar refractivity (Wildman–Crippen MR) is 300 cm³/mol. The molecule has 4 fully saturated rings. The van der Waals surface area contributed by atoms with Crippen molar-refractivity contribution in [2.75, 3.05) is 45.3 Å². The Morgan fingerprint density at radius 3 is 2.46 bits per heavy atom. The molecule has 7 heterocycles. The Hall–Kier alpha value is -7.65. The van der Waals surface area contributed by atoms with Gasteiger partial charge in [0, 0.05) is 72.0 Å². The minimum absolute atomic E-state index is 0.173. The van der Waals surface area contributed by atoms with Gasteiger partial charge in [-0.25, -0.2) is 14.1 Å². The van der Waals surface area contributed by atoms with Crippen LogP contribution in [0.3, 0.4) is 0 Å². The first-order valence-electron chi connectivity index (χ1n) is 27.9. The van der Waals surface area contributed by atoms with E-state index >= 15 is 4.39 Å². The maximum absolute atomic E-state index is 16.1. The maximum atomic E-state index is 16.1. The van der Waals surface area contributed by atoms with E-state index in [0.29, 0.717) is 60.0 Å². The minimum Gasteiger partial charge on any atom is -0.486 e. The number of carbonyl (C=O) groups excluding carboxylic acids is 2. The number of rotatable bonds is 18. The Kier molecular flexibility index (Phi) is 14.7. The molecule has 5 N–H and O–H groups in total. The maximum Gasteiger partial charge on any atom is 0.291 e. The van der Waals surface area contributed by atoms with Gasteiger partial charge in [0.25, 0.3) is 6.02 Å². The van der Waals surface area contributed by atoms with Gasteiger partial charge in [0.2, 0.25) is 11.8 Å². The number of hydrogen-bond donors (Lipinski definition) is 5. The van der Waals surface area contributed by atoms with E-state index in [9.17, 15) is 14.7 Å². The van der Waals surface area contributed by atoms with Crippen LogP contribution < -0.4 is 20.7 Å². The van der Waals surface area contributed by atoms with Crippen LogP contribution in [0.4, 0.5) is 10.1 Å². The number of likely N-dealkylation sites (tertiary alicyclic amines) is 2. The summed E-state index contributed by atoms with van der Waals surface area (Å²) in [6.45, 7) is 11.9. The summed E-state index contributed by atoms with van der Waals surface area (Å²) in [7, 11) is 1.66. The molecule has 19 nitrogen and oxygen atoms in total. The number of piperazine rings is 1. The number of methoxy groups -OCH3 is 1. The molecule has 3 saturated heterocycles. The van der Waals surface area contributed by atoms with Crippen LogP contribution in [0.2, 0.25) is 0 Å². The number of aromatic nitrogens is 7. The number of nitrogens with one attached hydrogen (secondary N) is 4. The molecule has 7 aromatic rings. The van der Waals surface area contributed by atoms with Gasteiger partial charge in [-0.2, -0.15) is 15.3 Å². The number of nitrogens with zero attached hydrogens (tertiary/aromatic N) is 9. The molecule has 3 aromatic heterocycles. The van der Waals surface area contributed by atoms with E-state index in [2.05, 4.69) is 57.6 Å². The molecule has 4 aromatic carbocycles. The smallest absolute Gasteiger partial charge is 0.291 e. The third kappa shape index (κ3) is 10.2. The third-order valence-corrected chi connectivity index (χ3v) is 16.8. The molecule has 12 rings (SSSR count). The molecule has 0 spiro atoms. The van der Waals surface area contributed by atoms with Crippen LogP contribution in [-0.4, -0.2) is 132 Å². The number of aryl methyl sites for hydroxylation is 1. The summed E-state index contributed by atoms with van der Waals surface area (Å²) in [5.41, 5.74) is 11.2. The van der Waals surface area contributed by atoms with E-state index in [1.165, 1.54) is 6.07 Å². The lowest BCUT2D eigenvalue weighted by Crippen LogP contribution is -2.50. The Morgan fingerprint density at radius 1 is 0.950 bits per heavy atom. The zero-order valence-electron chi connectivity index (χ0n) is 45.9. The van der Waals surface area contributed by atoms with Crippen molar-refractivity contribution in [2.45, 2.75) is 122 Å². The van der Waals surface area contributed by atoms with Gasteiger partial charge in [-0.3, -0.25) is 19.6 Å². The van der Waals surface area contributed by atoms with Crippen molar-refractivity contribution in [2.24, 2.45) is 10.9 Å². The largest absolute Gasteiger partial charge is 0.486 e. The first kappa shape index (κ1) is 53.0. The second-order valence-electron chi connectivity index (χ2n) is 22.4. The van der Waals surface area contributed by atoms with Crippen LogP contribution in [0.15, 0.2) is 90.3 Å². The molecule has 4 aliphatic heterocycles. The Labute approximate surface area is 463 Å². The highest BCUT2D eigenvalue weighted by atomic mass is 19.1. The van der Waals surface area contributed by atoms with Gasteiger partial charge in [-0.15, -0.1) is 5.10 Å². The monoisotopic (exact) mass is 1090 g/mol. The molecule has 1 aliphatic carbocycles. The second kappa shape index (κ2) is 22.1. The average Bonchev–Trinajstić information content (AvgIpc) is 4.10. The van der Waals surface area contributed by atoms with E-state index in [-0.39, 0.29) is 61.6 Å². The van der Waals surface area contributed by atoms with E-state index in [1.54, 1.807) is 35.3 Å². The highest BCUT2D eigenvalue weighted by Gasteiger charge is 2.46. The van der Waals surface area contributed by atoms with Crippen LogP contribution >= 0.6 is 0 Å². The molecular weight excluding hydrogens is 1020 g/mol.